The Morgan fingerprint density at radius 1 is 1.44 bits per heavy atom. The molecule has 3 heteroatoms. The number of nitrogens with zero attached hydrogens (tertiary/aromatic N) is 1. The maximum Gasteiger partial charge on any atom is 0.240 e. The summed E-state index contributed by atoms with van der Waals surface area (Å²) in [5, 5.41) is 3.36. The molecular formula is C13H26N2O. The predicted molar refractivity (Wildman–Crippen MR) is 67.4 cm³/mol. The molecule has 0 aliphatic carbocycles. The number of carbonyl (C=O) groups is 1. The average Bonchev–Trinajstić information content (AvgIpc) is 2.27. The Bertz CT molecular complexity index is 238. The van der Waals surface area contributed by atoms with Crippen molar-refractivity contribution in [2.75, 3.05) is 13.1 Å². The van der Waals surface area contributed by atoms with Gasteiger partial charge < -0.3 is 10.2 Å². The van der Waals surface area contributed by atoms with Crippen LogP contribution < -0.4 is 5.32 Å². The van der Waals surface area contributed by atoms with Gasteiger partial charge in [0.1, 0.15) is 0 Å². The van der Waals surface area contributed by atoms with Gasteiger partial charge in [-0.15, -0.1) is 0 Å². The molecule has 1 aliphatic heterocycles. The van der Waals surface area contributed by atoms with Crippen LogP contribution in [-0.2, 0) is 4.79 Å². The normalized spacial score (nSPS) is 22.6. The average molecular weight is 226 g/mol. The van der Waals surface area contributed by atoms with E-state index in [1.807, 2.05) is 0 Å². The van der Waals surface area contributed by atoms with Gasteiger partial charge in [-0.1, -0.05) is 13.8 Å². The topological polar surface area (TPSA) is 32.3 Å². The van der Waals surface area contributed by atoms with E-state index in [2.05, 4.69) is 37.9 Å². The number of rotatable bonds is 5. The van der Waals surface area contributed by atoms with Crippen LogP contribution in [0, 0.1) is 0 Å². The van der Waals surface area contributed by atoms with Crippen LogP contribution in [0.2, 0.25) is 0 Å². The largest absolute Gasteiger partial charge is 0.336 e. The third kappa shape index (κ3) is 2.97. The van der Waals surface area contributed by atoms with Crippen molar-refractivity contribution < 1.29 is 4.79 Å². The van der Waals surface area contributed by atoms with E-state index in [-0.39, 0.29) is 11.6 Å². The first-order valence-electron chi connectivity index (χ1n) is 6.57. The van der Waals surface area contributed by atoms with Gasteiger partial charge in [-0.25, -0.2) is 0 Å². The molecule has 1 unspecified atom stereocenters. The van der Waals surface area contributed by atoms with Crippen LogP contribution in [0.5, 0.6) is 0 Å². The van der Waals surface area contributed by atoms with Crippen LogP contribution in [-0.4, -0.2) is 35.5 Å². The van der Waals surface area contributed by atoms with Gasteiger partial charge in [0.2, 0.25) is 5.91 Å². The molecule has 1 heterocycles. The second-order valence-corrected chi connectivity index (χ2v) is 5.30. The number of piperidine rings is 1. The minimum atomic E-state index is 0.00362. The molecule has 1 N–H and O–H groups in total. The van der Waals surface area contributed by atoms with Crippen molar-refractivity contribution in [2.45, 2.75) is 65.0 Å². The molecule has 0 aromatic carbocycles. The highest BCUT2D eigenvalue weighted by molar-refractivity contribution is 5.83. The van der Waals surface area contributed by atoms with E-state index in [1.54, 1.807) is 0 Å². The number of hydrogen-bond donors (Lipinski definition) is 1. The van der Waals surface area contributed by atoms with Crippen molar-refractivity contribution in [3.05, 3.63) is 0 Å². The fourth-order valence-corrected chi connectivity index (χ4v) is 2.18. The van der Waals surface area contributed by atoms with Gasteiger partial charge in [-0.3, -0.25) is 4.79 Å². The second kappa shape index (κ2) is 5.67. The van der Waals surface area contributed by atoms with Crippen LogP contribution >= 0.6 is 0 Å². The maximum absolute atomic E-state index is 12.3. The number of hydrogen-bond acceptors (Lipinski definition) is 2. The minimum absolute atomic E-state index is 0.00362. The lowest BCUT2D eigenvalue weighted by Crippen LogP contribution is -2.57. The van der Waals surface area contributed by atoms with Crippen molar-refractivity contribution in [1.29, 1.82) is 0 Å². The van der Waals surface area contributed by atoms with E-state index in [0.29, 0.717) is 5.91 Å². The van der Waals surface area contributed by atoms with Crippen molar-refractivity contribution in [1.82, 2.24) is 10.2 Å². The van der Waals surface area contributed by atoms with E-state index < -0.39 is 0 Å². The fraction of sp³-hybridized carbons (Fsp3) is 0.923. The first kappa shape index (κ1) is 13.5. The SMILES string of the molecule is CCCNC1CCCN(C(C)(C)CC)C1=O. The summed E-state index contributed by atoms with van der Waals surface area (Å²) in [7, 11) is 0. The molecule has 16 heavy (non-hydrogen) atoms. The molecule has 0 bridgehead atoms. The Kier molecular flexibility index (Phi) is 4.78. The quantitative estimate of drug-likeness (QED) is 0.779. The highest BCUT2D eigenvalue weighted by atomic mass is 16.2. The number of amides is 1. The molecule has 3 nitrogen and oxygen atoms in total. The van der Waals surface area contributed by atoms with Crippen molar-refractivity contribution >= 4 is 5.91 Å². The summed E-state index contributed by atoms with van der Waals surface area (Å²) in [5.41, 5.74) is 0.00362. The first-order valence-corrected chi connectivity index (χ1v) is 6.57. The molecule has 0 spiro atoms. The fourth-order valence-electron chi connectivity index (χ4n) is 2.18. The third-order valence-electron chi connectivity index (χ3n) is 3.68. The standard InChI is InChI=1S/C13H26N2O/c1-5-9-14-11-8-7-10-15(12(11)16)13(3,4)6-2/h11,14H,5-10H2,1-4H3. The Morgan fingerprint density at radius 2 is 2.12 bits per heavy atom. The molecule has 0 aromatic heterocycles. The zero-order valence-electron chi connectivity index (χ0n) is 11.2. The van der Waals surface area contributed by atoms with Crippen molar-refractivity contribution in [3.8, 4) is 0 Å². The molecule has 0 radical (unpaired) electrons. The van der Waals surface area contributed by atoms with E-state index in [1.165, 1.54) is 0 Å². The third-order valence-corrected chi connectivity index (χ3v) is 3.68. The summed E-state index contributed by atoms with van der Waals surface area (Å²) in [5.74, 6) is 0.298. The van der Waals surface area contributed by atoms with Crippen LogP contribution in [0.25, 0.3) is 0 Å². The molecule has 1 atom stereocenters. The van der Waals surface area contributed by atoms with Crippen LogP contribution in [0.4, 0.5) is 0 Å². The molecule has 94 valence electrons. The maximum atomic E-state index is 12.3. The predicted octanol–water partition coefficient (Wildman–Crippen LogP) is 2.17. The smallest absolute Gasteiger partial charge is 0.240 e. The van der Waals surface area contributed by atoms with Gasteiger partial charge in [-0.2, -0.15) is 0 Å². The molecule has 1 aliphatic rings. The van der Waals surface area contributed by atoms with Gasteiger partial charge in [0.25, 0.3) is 0 Å². The Balaban J connectivity index is 2.64. The Morgan fingerprint density at radius 3 is 2.69 bits per heavy atom. The van der Waals surface area contributed by atoms with Gasteiger partial charge in [-0.05, 0) is 46.1 Å². The summed E-state index contributed by atoms with van der Waals surface area (Å²) >= 11 is 0. The zero-order valence-corrected chi connectivity index (χ0v) is 11.2. The number of carbonyl (C=O) groups excluding carboxylic acids is 1. The van der Waals surface area contributed by atoms with Crippen LogP contribution in [0.1, 0.15) is 53.4 Å². The van der Waals surface area contributed by atoms with Crippen LogP contribution in [0.3, 0.4) is 0 Å². The summed E-state index contributed by atoms with van der Waals surface area (Å²) in [6.07, 6.45) is 4.21. The van der Waals surface area contributed by atoms with Gasteiger partial charge in [0.05, 0.1) is 6.04 Å². The van der Waals surface area contributed by atoms with Crippen molar-refractivity contribution in [3.63, 3.8) is 0 Å². The summed E-state index contributed by atoms with van der Waals surface area (Å²) in [4.78, 5) is 14.4. The number of nitrogens with one attached hydrogen (secondary N) is 1. The highest BCUT2D eigenvalue weighted by Crippen LogP contribution is 2.24. The first-order chi connectivity index (χ1) is 7.53. The van der Waals surface area contributed by atoms with Gasteiger partial charge in [0.15, 0.2) is 0 Å². The Hall–Kier alpha value is -0.570. The van der Waals surface area contributed by atoms with Crippen LogP contribution in [0.15, 0.2) is 0 Å². The van der Waals surface area contributed by atoms with Gasteiger partial charge in [0, 0.05) is 12.1 Å². The summed E-state index contributed by atoms with van der Waals surface area (Å²) < 4.78 is 0. The lowest BCUT2D eigenvalue weighted by atomic mass is 9.93. The molecule has 1 rings (SSSR count). The van der Waals surface area contributed by atoms with E-state index >= 15 is 0 Å². The van der Waals surface area contributed by atoms with E-state index in [4.69, 9.17) is 0 Å². The lowest BCUT2D eigenvalue weighted by Gasteiger charge is -2.43. The number of likely N-dealkylation sites (tertiary alicyclic amines) is 1. The monoisotopic (exact) mass is 226 g/mol. The Labute approximate surface area is 99.6 Å². The molecule has 1 amide bonds. The van der Waals surface area contributed by atoms with E-state index in [9.17, 15) is 4.79 Å². The minimum Gasteiger partial charge on any atom is -0.336 e. The van der Waals surface area contributed by atoms with Crippen molar-refractivity contribution in [2.24, 2.45) is 0 Å². The molecular weight excluding hydrogens is 200 g/mol. The molecule has 1 saturated heterocycles. The van der Waals surface area contributed by atoms with Gasteiger partial charge >= 0.3 is 0 Å². The zero-order chi connectivity index (χ0) is 12.2. The summed E-state index contributed by atoms with van der Waals surface area (Å²) in [6, 6.07) is 0.0551. The molecule has 0 saturated carbocycles. The molecule has 0 aromatic rings. The van der Waals surface area contributed by atoms with E-state index in [0.717, 1.165) is 38.8 Å². The summed E-state index contributed by atoms with van der Waals surface area (Å²) in [6.45, 7) is 10.5. The highest BCUT2D eigenvalue weighted by Gasteiger charge is 2.35. The lowest BCUT2D eigenvalue weighted by molar-refractivity contribution is -0.142. The molecule has 1 fully saturated rings. The second-order valence-electron chi connectivity index (χ2n) is 5.30.